The normalized spacial score (nSPS) is 16.4. The Morgan fingerprint density at radius 2 is 1.97 bits per heavy atom. The summed E-state index contributed by atoms with van der Waals surface area (Å²) in [5.74, 6) is 1.20. The molecule has 1 fully saturated rings. The Hall–Kier alpha value is -2.72. The Bertz CT molecular complexity index is 1340. The molecule has 4 aromatic rings. The molecular formula is C26H30FN5O2S2. The predicted molar refractivity (Wildman–Crippen MR) is 143 cm³/mol. The van der Waals surface area contributed by atoms with Crippen LogP contribution in [0.15, 0.2) is 39.8 Å². The second kappa shape index (κ2) is 10.7. The first-order chi connectivity index (χ1) is 17.4. The first-order valence-electron chi connectivity index (χ1n) is 12.3. The summed E-state index contributed by atoms with van der Waals surface area (Å²) in [5, 5.41) is 4.74. The van der Waals surface area contributed by atoms with Crippen LogP contribution in [0.5, 0.6) is 5.19 Å². The number of aromatic nitrogens is 4. The molecule has 5 rings (SSSR count). The van der Waals surface area contributed by atoms with Crippen LogP contribution in [-0.2, 0) is 0 Å². The standard InChI is InChI=1S/C26H30FN5O2S2/c1-5-15(2)23-30-25(34-31-23)32-12-10-17(11-13-32)16(3)33-26-29-22-9-8-21(28-24(22)36-26)19-7-6-18(35-4)14-20(19)27/h6-9,14-17H,5,10-13H2,1-4H3. The van der Waals surface area contributed by atoms with E-state index < -0.39 is 0 Å². The van der Waals surface area contributed by atoms with E-state index in [-0.39, 0.29) is 11.9 Å². The zero-order valence-corrected chi connectivity index (χ0v) is 22.5. The minimum absolute atomic E-state index is 0.0158. The van der Waals surface area contributed by atoms with Gasteiger partial charge < -0.3 is 14.2 Å². The highest BCUT2D eigenvalue weighted by Crippen LogP contribution is 2.33. The van der Waals surface area contributed by atoms with Crippen molar-refractivity contribution in [3.8, 4) is 16.5 Å². The molecule has 0 aliphatic carbocycles. The van der Waals surface area contributed by atoms with Gasteiger partial charge >= 0.3 is 6.01 Å². The fourth-order valence-electron chi connectivity index (χ4n) is 4.38. The molecule has 36 heavy (non-hydrogen) atoms. The van der Waals surface area contributed by atoms with E-state index in [0.717, 1.165) is 53.4 Å². The summed E-state index contributed by atoms with van der Waals surface area (Å²) in [6.07, 6.45) is 4.88. The molecule has 0 spiro atoms. The average Bonchev–Trinajstić information content (AvgIpc) is 3.55. The molecule has 10 heteroatoms. The highest BCUT2D eigenvalue weighted by Gasteiger charge is 2.28. The van der Waals surface area contributed by atoms with Crippen molar-refractivity contribution in [2.75, 3.05) is 24.2 Å². The van der Waals surface area contributed by atoms with Gasteiger partial charge in [0.05, 0.1) is 5.69 Å². The van der Waals surface area contributed by atoms with Gasteiger partial charge in [-0.05, 0) is 68.7 Å². The van der Waals surface area contributed by atoms with Crippen LogP contribution in [0, 0.1) is 11.7 Å². The number of ether oxygens (including phenoxy) is 1. The molecule has 0 amide bonds. The van der Waals surface area contributed by atoms with E-state index >= 15 is 0 Å². The zero-order valence-electron chi connectivity index (χ0n) is 20.9. The number of nitrogens with zero attached hydrogens (tertiary/aromatic N) is 5. The van der Waals surface area contributed by atoms with Crippen molar-refractivity contribution in [3.63, 3.8) is 0 Å². The number of halogens is 1. The Morgan fingerprint density at radius 3 is 2.69 bits per heavy atom. The molecule has 190 valence electrons. The van der Waals surface area contributed by atoms with Crippen molar-refractivity contribution in [2.45, 2.75) is 57.0 Å². The number of benzene rings is 1. The summed E-state index contributed by atoms with van der Waals surface area (Å²) >= 11 is 2.92. The maximum Gasteiger partial charge on any atom is 0.324 e. The van der Waals surface area contributed by atoms with E-state index in [4.69, 9.17) is 9.26 Å². The summed E-state index contributed by atoms with van der Waals surface area (Å²) < 4.78 is 26.3. The Balaban J connectivity index is 1.22. The van der Waals surface area contributed by atoms with Gasteiger partial charge in [-0.3, -0.25) is 0 Å². The third-order valence-electron chi connectivity index (χ3n) is 6.93. The molecule has 4 heterocycles. The van der Waals surface area contributed by atoms with Gasteiger partial charge in [0, 0.05) is 29.5 Å². The minimum Gasteiger partial charge on any atom is -0.467 e. The molecule has 1 aromatic carbocycles. The summed E-state index contributed by atoms with van der Waals surface area (Å²) in [6, 6.07) is 9.54. The molecule has 2 atom stereocenters. The molecule has 0 bridgehead atoms. The van der Waals surface area contributed by atoms with E-state index in [0.29, 0.717) is 34.3 Å². The van der Waals surface area contributed by atoms with E-state index in [1.807, 2.05) is 24.5 Å². The van der Waals surface area contributed by atoms with Crippen molar-refractivity contribution < 1.29 is 13.7 Å². The fraction of sp³-hybridized carbons (Fsp3) is 0.462. The minimum atomic E-state index is -0.272. The van der Waals surface area contributed by atoms with Gasteiger partial charge in [-0.2, -0.15) is 4.98 Å². The van der Waals surface area contributed by atoms with Crippen LogP contribution in [0.3, 0.4) is 0 Å². The first kappa shape index (κ1) is 25.0. The molecule has 1 aliphatic heterocycles. The van der Waals surface area contributed by atoms with Gasteiger partial charge in [0.15, 0.2) is 5.82 Å². The topological polar surface area (TPSA) is 77.2 Å². The summed E-state index contributed by atoms with van der Waals surface area (Å²) in [6.45, 7) is 8.04. The molecular weight excluding hydrogens is 497 g/mol. The summed E-state index contributed by atoms with van der Waals surface area (Å²) in [5.41, 5.74) is 1.85. The molecule has 0 N–H and O–H groups in total. The molecule has 2 unspecified atom stereocenters. The zero-order chi connectivity index (χ0) is 25.2. The van der Waals surface area contributed by atoms with Gasteiger partial charge in [0.1, 0.15) is 22.3 Å². The lowest BCUT2D eigenvalue weighted by atomic mass is 9.92. The lowest BCUT2D eigenvalue weighted by Gasteiger charge is -2.33. The number of pyridine rings is 1. The van der Waals surface area contributed by atoms with E-state index in [2.05, 4.69) is 45.8 Å². The largest absolute Gasteiger partial charge is 0.467 e. The van der Waals surface area contributed by atoms with Crippen LogP contribution in [0.25, 0.3) is 21.6 Å². The predicted octanol–water partition coefficient (Wildman–Crippen LogP) is 6.80. The van der Waals surface area contributed by atoms with Crippen molar-refractivity contribution in [3.05, 3.63) is 42.0 Å². The fourth-order valence-corrected chi connectivity index (χ4v) is 5.68. The van der Waals surface area contributed by atoms with Crippen LogP contribution in [0.1, 0.15) is 51.8 Å². The van der Waals surface area contributed by atoms with Crippen LogP contribution >= 0.6 is 23.1 Å². The third kappa shape index (κ3) is 5.20. The number of fused-ring (bicyclic) bond motifs is 1. The van der Waals surface area contributed by atoms with Crippen LogP contribution in [-0.4, -0.2) is 45.6 Å². The van der Waals surface area contributed by atoms with Crippen molar-refractivity contribution in [1.29, 1.82) is 0 Å². The summed E-state index contributed by atoms with van der Waals surface area (Å²) in [7, 11) is 0. The SMILES string of the molecule is CCC(C)c1noc(N2CCC(C(C)Oc3nc4ccc(-c5ccc(SC)cc5F)nc4s3)CC2)n1. The maximum atomic E-state index is 14.6. The van der Waals surface area contributed by atoms with Gasteiger partial charge in [-0.25, -0.2) is 14.4 Å². The van der Waals surface area contributed by atoms with Gasteiger partial charge in [0.2, 0.25) is 0 Å². The number of thioether (sulfide) groups is 1. The Labute approximate surface area is 218 Å². The second-order valence-electron chi connectivity index (χ2n) is 9.24. The average molecular weight is 528 g/mol. The van der Waals surface area contributed by atoms with Gasteiger partial charge in [-0.15, -0.1) is 11.8 Å². The lowest BCUT2D eigenvalue weighted by Crippen LogP contribution is -2.38. The monoisotopic (exact) mass is 527 g/mol. The molecule has 1 aliphatic rings. The molecule has 1 saturated heterocycles. The Kier molecular flexibility index (Phi) is 7.43. The van der Waals surface area contributed by atoms with E-state index in [1.165, 1.54) is 23.1 Å². The highest BCUT2D eigenvalue weighted by atomic mass is 32.2. The number of rotatable bonds is 8. The summed E-state index contributed by atoms with van der Waals surface area (Å²) in [4.78, 5) is 17.7. The number of hydrogen-bond donors (Lipinski definition) is 0. The van der Waals surface area contributed by atoms with Crippen LogP contribution < -0.4 is 9.64 Å². The molecule has 0 radical (unpaired) electrons. The number of anilines is 1. The third-order valence-corrected chi connectivity index (χ3v) is 8.51. The maximum absolute atomic E-state index is 14.6. The first-order valence-corrected chi connectivity index (χ1v) is 14.4. The lowest BCUT2D eigenvalue weighted by molar-refractivity contribution is 0.131. The van der Waals surface area contributed by atoms with Gasteiger partial charge in [-0.1, -0.05) is 30.3 Å². The Morgan fingerprint density at radius 1 is 1.17 bits per heavy atom. The quantitative estimate of drug-likeness (QED) is 0.232. The van der Waals surface area contributed by atoms with E-state index in [1.54, 1.807) is 12.1 Å². The number of thiazole rings is 1. The number of piperidine rings is 1. The second-order valence-corrected chi connectivity index (χ2v) is 11.1. The van der Waals surface area contributed by atoms with Crippen molar-refractivity contribution in [1.82, 2.24) is 20.1 Å². The van der Waals surface area contributed by atoms with Crippen LogP contribution in [0.4, 0.5) is 10.4 Å². The number of hydrogen-bond acceptors (Lipinski definition) is 9. The van der Waals surface area contributed by atoms with Crippen molar-refractivity contribution >= 4 is 39.5 Å². The molecule has 7 nitrogen and oxygen atoms in total. The van der Waals surface area contributed by atoms with E-state index in [9.17, 15) is 4.39 Å². The molecule has 3 aromatic heterocycles. The highest BCUT2D eigenvalue weighted by molar-refractivity contribution is 7.98. The van der Waals surface area contributed by atoms with Crippen LogP contribution in [0.2, 0.25) is 0 Å². The van der Waals surface area contributed by atoms with Gasteiger partial charge in [0.25, 0.3) is 5.19 Å². The van der Waals surface area contributed by atoms with Crippen molar-refractivity contribution in [2.24, 2.45) is 5.92 Å². The smallest absolute Gasteiger partial charge is 0.324 e. The molecule has 0 saturated carbocycles.